The number of hydrogen-bond acceptors (Lipinski definition) is 4. The quantitative estimate of drug-likeness (QED) is 0.755. The Kier molecular flexibility index (Phi) is 4.33. The maximum atomic E-state index is 12.1. The molecule has 0 aliphatic carbocycles. The molecule has 0 saturated heterocycles. The molecule has 0 aliphatic heterocycles. The second-order valence-corrected chi connectivity index (χ2v) is 4.67. The molecule has 2 aromatic rings. The zero-order valence-electron chi connectivity index (χ0n) is 11.8. The van der Waals surface area contributed by atoms with Gasteiger partial charge in [-0.05, 0) is 42.8 Å². The van der Waals surface area contributed by atoms with Crippen LogP contribution in [-0.2, 0) is 0 Å². The van der Waals surface area contributed by atoms with E-state index in [0.29, 0.717) is 0 Å². The van der Waals surface area contributed by atoms with Gasteiger partial charge in [0.1, 0.15) is 5.75 Å². The van der Waals surface area contributed by atoms with Crippen LogP contribution in [-0.4, -0.2) is 23.2 Å². The van der Waals surface area contributed by atoms with Gasteiger partial charge in [-0.3, -0.25) is 4.79 Å². The molecule has 1 amide bonds. The molecule has 0 heterocycles. The van der Waals surface area contributed by atoms with Crippen LogP contribution in [0.2, 0.25) is 0 Å². The first-order chi connectivity index (χ1) is 10.0. The van der Waals surface area contributed by atoms with Crippen molar-refractivity contribution in [3.8, 4) is 17.2 Å². The van der Waals surface area contributed by atoms with Gasteiger partial charge in [-0.2, -0.15) is 0 Å². The predicted octanol–water partition coefficient (Wildman–Crippen LogP) is 2.60. The minimum absolute atomic E-state index is 0.195. The molecule has 5 heteroatoms. The lowest BCUT2D eigenvalue weighted by molar-refractivity contribution is 0.0939. The first kappa shape index (κ1) is 14.7. The molecular weight excluding hydrogens is 270 g/mol. The number of amides is 1. The zero-order chi connectivity index (χ0) is 15.4. The normalized spacial score (nSPS) is 11.7. The summed E-state index contributed by atoms with van der Waals surface area (Å²) in [5.74, 6) is -0.149. The molecule has 1 atom stereocenters. The van der Waals surface area contributed by atoms with Gasteiger partial charge in [0.05, 0.1) is 13.2 Å². The molecule has 1 unspecified atom stereocenters. The van der Waals surface area contributed by atoms with Gasteiger partial charge in [0.2, 0.25) is 0 Å². The van der Waals surface area contributed by atoms with E-state index in [-0.39, 0.29) is 29.0 Å². The van der Waals surface area contributed by atoms with Crippen LogP contribution in [0.4, 0.5) is 0 Å². The van der Waals surface area contributed by atoms with Crippen LogP contribution in [0.15, 0.2) is 42.5 Å². The fraction of sp³-hybridized carbons (Fsp3) is 0.188. The van der Waals surface area contributed by atoms with Gasteiger partial charge >= 0.3 is 0 Å². The van der Waals surface area contributed by atoms with Crippen LogP contribution in [0, 0.1) is 0 Å². The van der Waals surface area contributed by atoms with E-state index in [9.17, 15) is 15.0 Å². The Hall–Kier alpha value is -2.69. The van der Waals surface area contributed by atoms with Crippen molar-refractivity contribution < 1.29 is 19.7 Å². The Morgan fingerprint density at radius 2 is 1.76 bits per heavy atom. The van der Waals surface area contributed by atoms with Crippen molar-refractivity contribution in [1.29, 1.82) is 0 Å². The molecule has 0 spiro atoms. The number of phenolic OH excluding ortho intramolecular Hbond substituents is 2. The van der Waals surface area contributed by atoms with Gasteiger partial charge in [0.15, 0.2) is 11.5 Å². The highest BCUT2D eigenvalue weighted by molar-refractivity contribution is 5.95. The number of ether oxygens (including phenoxy) is 1. The summed E-state index contributed by atoms with van der Waals surface area (Å²) in [7, 11) is 1.59. The standard InChI is InChI=1S/C16H17NO4/c1-10(11-3-6-13(21-2)7-4-11)17-16(20)12-5-8-14(18)15(19)9-12/h3-10,18-19H,1-2H3,(H,17,20). The fourth-order valence-electron chi connectivity index (χ4n) is 1.92. The van der Waals surface area contributed by atoms with Crippen LogP contribution in [0.3, 0.4) is 0 Å². The third-order valence-corrected chi connectivity index (χ3v) is 3.20. The molecule has 0 aliphatic rings. The Balaban J connectivity index is 2.08. The number of hydrogen-bond donors (Lipinski definition) is 3. The molecule has 0 aromatic heterocycles. The Labute approximate surface area is 122 Å². The van der Waals surface area contributed by atoms with Crippen LogP contribution in [0.25, 0.3) is 0 Å². The highest BCUT2D eigenvalue weighted by Gasteiger charge is 2.13. The number of aromatic hydroxyl groups is 2. The minimum Gasteiger partial charge on any atom is -0.504 e. The third kappa shape index (κ3) is 3.45. The van der Waals surface area contributed by atoms with Gasteiger partial charge in [0, 0.05) is 5.56 Å². The largest absolute Gasteiger partial charge is 0.504 e. The molecule has 3 N–H and O–H groups in total. The summed E-state index contributed by atoms with van der Waals surface area (Å²) in [6.07, 6.45) is 0. The predicted molar refractivity (Wildman–Crippen MR) is 78.6 cm³/mol. The summed E-state index contributed by atoms with van der Waals surface area (Å²) in [6.45, 7) is 1.86. The van der Waals surface area contributed by atoms with Gasteiger partial charge in [-0.15, -0.1) is 0 Å². The van der Waals surface area contributed by atoms with E-state index in [2.05, 4.69) is 5.32 Å². The van der Waals surface area contributed by atoms with Crippen LogP contribution < -0.4 is 10.1 Å². The minimum atomic E-state index is -0.325. The highest BCUT2D eigenvalue weighted by atomic mass is 16.5. The van der Waals surface area contributed by atoms with Gasteiger partial charge < -0.3 is 20.3 Å². The number of methoxy groups -OCH3 is 1. The van der Waals surface area contributed by atoms with Crippen molar-refractivity contribution in [3.63, 3.8) is 0 Å². The summed E-state index contributed by atoms with van der Waals surface area (Å²) in [6, 6.07) is 11.2. The molecule has 0 bridgehead atoms. The van der Waals surface area contributed by atoms with Crippen LogP contribution >= 0.6 is 0 Å². The second-order valence-electron chi connectivity index (χ2n) is 4.67. The van der Waals surface area contributed by atoms with Crippen molar-refractivity contribution >= 4 is 5.91 Å². The van der Waals surface area contributed by atoms with E-state index in [4.69, 9.17) is 4.74 Å². The van der Waals surface area contributed by atoms with E-state index in [1.165, 1.54) is 18.2 Å². The van der Waals surface area contributed by atoms with Gasteiger partial charge in [0.25, 0.3) is 5.91 Å². The summed E-state index contributed by atoms with van der Waals surface area (Å²) < 4.78 is 5.08. The number of carbonyl (C=O) groups is 1. The summed E-state index contributed by atoms with van der Waals surface area (Å²) in [5, 5.41) is 21.5. The maximum absolute atomic E-state index is 12.1. The van der Waals surface area contributed by atoms with Crippen molar-refractivity contribution in [3.05, 3.63) is 53.6 Å². The first-order valence-electron chi connectivity index (χ1n) is 6.48. The topological polar surface area (TPSA) is 78.8 Å². The number of benzene rings is 2. The van der Waals surface area contributed by atoms with E-state index < -0.39 is 0 Å². The molecule has 0 radical (unpaired) electrons. The zero-order valence-corrected chi connectivity index (χ0v) is 11.8. The molecule has 2 aromatic carbocycles. The fourth-order valence-corrected chi connectivity index (χ4v) is 1.92. The average molecular weight is 287 g/mol. The van der Waals surface area contributed by atoms with Crippen molar-refractivity contribution in [2.24, 2.45) is 0 Å². The molecule has 110 valence electrons. The smallest absolute Gasteiger partial charge is 0.251 e. The number of nitrogens with one attached hydrogen (secondary N) is 1. The molecule has 0 fully saturated rings. The van der Waals surface area contributed by atoms with Crippen LogP contribution in [0.1, 0.15) is 28.9 Å². The van der Waals surface area contributed by atoms with Gasteiger partial charge in [-0.1, -0.05) is 12.1 Å². The Morgan fingerprint density at radius 1 is 1.10 bits per heavy atom. The maximum Gasteiger partial charge on any atom is 0.251 e. The highest BCUT2D eigenvalue weighted by Crippen LogP contribution is 2.25. The first-order valence-corrected chi connectivity index (χ1v) is 6.48. The van der Waals surface area contributed by atoms with E-state index in [1.807, 2.05) is 31.2 Å². The number of phenols is 2. The second kappa shape index (κ2) is 6.17. The third-order valence-electron chi connectivity index (χ3n) is 3.20. The van der Waals surface area contributed by atoms with Crippen molar-refractivity contribution in [1.82, 2.24) is 5.32 Å². The average Bonchev–Trinajstić information content (AvgIpc) is 2.50. The van der Waals surface area contributed by atoms with Crippen LogP contribution in [0.5, 0.6) is 17.2 Å². The lowest BCUT2D eigenvalue weighted by Crippen LogP contribution is -2.26. The number of carbonyl (C=O) groups excluding carboxylic acids is 1. The summed E-state index contributed by atoms with van der Waals surface area (Å²) >= 11 is 0. The Morgan fingerprint density at radius 3 is 2.33 bits per heavy atom. The number of rotatable bonds is 4. The molecule has 5 nitrogen and oxygen atoms in total. The van der Waals surface area contributed by atoms with E-state index in [0.717, 1.165) is 11.3 Å². The van der Waals surface area contributed by atoms with E-state index in [1.54, 1.807) is 7.11 Å². The summed E-state index contributed by atoms with van der Waals surface area (Å²) in [5.41, 5.74) is 1.22. The summed E-state index contributed by atoms with van der Waals surface area (Å²) in [4.78, 5) is 12.1. The van der Waals surface area contributed by atoms with Crippen molar-refractivity contribution in [2.45, 2.75) is 13.0 Å². The SMILES string of the molecule is COc1ccc(C(C)NC(=O)c2ccc(O)c(O)c2)cc1. The lowest BCUT2D eigenvalue weighted by atomic mass is 10.1. The van der Waals surface area contributed by atoms with E-state index >= 15 is 0 Å². The van der Waals surface area contributed by atoms with Gasteiger partial charge in [-0.25, -0.2) is 0 Å². The molecule has 2 rings (SSSR count). The molecular formula is C16H17NO4. The lowest BCUT2D eigenvalue weighted by Gasteiger charge is -2.15. The molecule has 0 saturated carbocycles. The monoisotopic (exact) mass is 287 g/mol. The Bertz CT molecular complexity index is 637. The molecule has 21 heavy (non-hydrogen) atoms. The van der Waals surface area contributed by atoms with Crippen molar-refractivity contribution in [2.75, 3.05) is 7.11 Å².